The molecule has 1 aliphatic heterocycles. The maximum absolute atomic E-state index is 12.5. The van der Waals surface area contributed by atoms with Crippen molar-refractivity contribution in [3.05, 3.63) is 30.2 Å². The summed E-state index contributed by atoms with van der Waals surface area (Å²) in [4.78, 5) is 16.6. The molecule has 1 amide bonds. The van der Waals surface area contributed by atoms with Gasteiger partial charge in [-0.3, -0.25) is 9.69 Å². The second-order valence-electron chi connectivity index (χ2n) is 5.39. The van der Waals surface area contributed by atoms with Crippen LogP contribution in [-0.2, 0) is 4.79 Å². The van der Waals surface area contributed by atoms with Gasteiger partial charge >= 0.3 is 0 Å². The molecule has 0 aromatic carbocycles. The molecule has 1 aliphatic rings. The van der Waals surface area contributed by atoms with E-state index in [1.54, 1.807) is 6.26 Å². The fraction of sp³-hybridized carbons (Fsp3) is 0.562. The molecular formula is C16H25N3O2. The van der Waals surface area contributed by atoms with Gasteiger partial charge in [-0.2, -0.15) is 0 Å². The molecule has 116 valence electrons. The molecule has 2 rings (SSSR count). The zero-order valence-electron chi connectivity index (χ0n) is 12.9. The Labute approximate surface area is 126 Å². The Morgan fingerprint density at radius 3 is 2.90 bits per heavy atom. The highest BCUT2D eigenvalue weighted by Crippen LogP contribution is 2.19. The van der Waals surface area contributed by atoms with E-state index >= 15 is 0 Å². The van der Waals surface area contributed by atoms with Gasteiger partial charge in [0.15, 0.2) is 0 Å². The Hall–Kier alpha value is -1.59. The highest BCUT2D eigenvalue weighted by Gasteiger charge is 2.36. The number of rotatable bonds is 6. The standard InChI is InChI=1S/C16H25N3O2/c1-3-18(4-2)16(20)15-11-13(17)12-19(15)9-5-7-14-8-6-10-21-14/h5-8,10,13,15H,3-4,9,11-12,17H2,1-2H3/b7-5+/t13-,15-/m0/s1. The Balaban J connectivity index is 1.98. The lowest BCUT2D eigenvalue weighted by Crippen LogP contribution is -2.45. The van der Waals surface area contributed by atoms with E-state index in [0.29, 0.717) is 6.54 Å². The number of nitrogens with zero attached hydrogens (tertiary/aromatic N) is 2. The molecule has 0 unspecified atom stereocenters. The quantitative estimate of drug-likeness (QED) is 0.864. The molecule has 2 atom stereocenters. The number of hydrogen-bond acceptors (Lipinski definition) is 4. The van der Waals surface area contributed by atoms with Gasteiger partial charge in [0.05, 0.1) is 12.3 Å². The zero-order chi connectivity index (χ0) is 15.2. The van der Waals surface area contributed by atoms with Crippen molar-refractivity contribution in [2.45, 2.75) is 32.4 Å². The molecule has 1 fully saturated rings. The number of nitrogens with two attached hydrogens (primary N) is 1. The molecule has 0 spiro atoms. The fourth-order valence-corrected chi connectivity index (χ4v) is 2.83. The third kappa shape index (κ3) is 3.95. The molecule has 5 nitrogen and oxygen atoms in total. The van der Waals surface area contributed by atoms with Gasteiger partial charge in [-0.15, -0.1) is 0 Å². The Bertz CT molecular complexity index is 466. The summed E-state index contributed by atoms with van der Waals surface area (Å²) in [6, 6.07) is 3.75. The van der Waals surface area contributed by atoms with Gasteiger partial charge in [-0.1, -0.05) is 6.08 Å². The van der Waals surface area contributed by atoms with Gasteiger partial charge in [0.2, 0.25) is 5.91 Å². The van der Waals surface area contributed by atoms with E-state index in [4.69, 9.17) is 10.2 Å². The smallest absolute Gasteiger partial charge is 0.239 e. The minimum Gasteiger partial charge on any atom is -0.465 e. The van der Waals surface area contributed by atoms with Crippen LogP contribution in [0.3, 0.4) is 0 Å². The van der Waals surface area contributed by atoms with Crippen LogP contribution in [0.15, 0.2) is 28.9 Å². The number of amides is 1. The van der Waals surface area contributed by atoms with E-state index in [9.17, 15) is 4.79 Å². The van der Waals surface area contributed by atoms with Crippen molar-refractivity contribution >= 4 is 12.0 Å². The third-order valence-electron chi connectivity index (χ3n) is 3.96. The zero-order valence-corrected chi connectivity index (χ0v) is 12.9. The van der Waals surface area contributed by atoms with Gasteiger partial charge in [-0.05, 0) is 38.5 Å². The predicted molar refractivity (Wildman–Crippen MR) is 83.6 cm³/mol. The molecule has 0 aliphatic carbocycles. The predicted octanol–water partition coefficient (Wildman–Crippen LogP) is 1.56. The normalized spacial score (nSPS) is 23.0. The van der Waals surface area contributed by atoms with E-state index in [0.717, 1.165) is 31.8 Å². The van der Waals surface area contributed by atoms with Crippen LogP contribution in [0.1, 0.15) is 26.0 Å². The van der Waals surface area contributed by atoms with Gasteiger partial charge in [0, 0.05) is 32.2 Å². The van der Waals surface area contributed by atoms with Gasteiger partial charge in [-0.25, -0.2) is 0 Å². The SMILES string of the molecule is CCN(CC)C(=O)[C@@H]1C[C@H](N)CN1C/C=C/c1ccco1. The summed E-state index contributed by atoms with van der Waals surface area (Å²) in [5, 5.41) is 0. The lowest BCUT2D eigenvalue weighted by molar-refractivity contribution is -0.135. The van der Waals surface area contributed by atoms with Crippen LogP contribution in [0.5, 0.6) is 0 Å². The van der Waals surface area contributed by atoms with E-state index in [2.05, 4.69) is 4.90 Å². The average Bonchev–Trinajstić information content (AvgIpc) is 3.10. The molecule has 0 radical (unpaired) electrons. The van der Waals surface area contributed by atoms with E-state index < -0.39 is 0 Å². The second kappa shape index (κ2) is 7.43. The summed E-state index contributed by atoms with van der Waals surface area (Å²) in [6.45, 7) is 7.00. The van der Waals surface area contributed by atoms with Crippen molar-refractivity contribution < 1.29 is 9.21 Å². The summed E-state index contributed by atoms with van der Waals surface area (Å²) < 4.78 is 5.26. The van der Waals surface area contributed by atoms with Crippen LogP contribution in [0.2, 0.25) is 0 Å². The number of carbonyl (C=O) groups excluding carboxylic acids is 1. The van der Waals surface area contributed by atoms with E-state index in [1.165, 1.54) is 0 Å². The molecule has 1 aromatic rings. The number of furan rings is 1. The molecule has 5 heteroatoms. The second-order valence-corrected chi connectivity index (χ2v) is 5.39. The van der Waals surface area contributed by atoms with Crippen LogP contribution in [0.4, 0.5) is 0 Å². The van der Waals surface area contributed by atoms with Crippen LogP contribution < -0.4 is 5.73 Å². The summed E-state index contributed by atoms with van der Waals surface area (Å²) >= 11 is 0. The molecule has 0 bridgehead atoms. The van der Waals surface area contributed by atoms with Crippen molar-refractivity contribution in [2.75, 3.05) is 26.2 Å². The Morgan fingerprint density at radius 2 is 2.29 bits per heavy atom. The molecule has 1 aromatic heterocycles. The highest BCUT2D eigenvalue weighted by atomic mass is 16.3. The number of hydrogen-bond donors (Lipinski definition) is 1. The molecule has 2 heterocycles. The topological polar surface area (TPSA) is 62.7 Å². The number of likely N-dealkylation sites (N-methyl/N-ethyl adjacent to an activating group) is 1. The molecule has 0 saturated carbocycles. The Kier molecular flexibility index (Phi) is 5.59. The first-order valence-corrected chi connectivity index (χ1v) is 7.64. The van der Waals surface area contributed by atoms with Crippen molar-refractivity contribution in [3.8, 4) is 0 Å². The van der Waals surface area contributed by atoms with Crippen molar-refractivity contribution in [2.24, 2.45) is 5.73 Å². The number of likely N-dealkylation sites (tertiary alicyclic amines) is 1. The first-order valence-electron chi connectivity index (χ1n) is 7.64. The van der Waals surface area contributed by atoms with Crippen molar-refractivity contribution in [1.29, 1.82) is 0 Å². The molecule has 2 N–H and O–H groups in total. The van der Waals surface area contributed by atoms with Crippen molar-refractivity contribution in [3.63, 3.8) is 0 Å². The van der Waals surface area contributed by atoms with E-state index in [-0.39, 0.29) is 18.0 Å². The van der Waals surface area contributed by atoms with Crippen LogP contribution in [0, 0.1) is 0 Å². The third-order valence-corrected chi connectivity index (χ3v) is 3.96. The van der Waals surface area contributed by atoms with Gasteiger partial charge in [0.1, 0.15) is 5.76 Å². The number of carbonyl (C=O) groups is 1. The van der Waals surface area contributed by atoms with Crippen LogP contribution >= 0.6 is 0 Å². The van der Waals surface area contributed by atoms with Gasteiger partial charge in [0.25, 0.3) is 0 Å². The first kappa shape index (κ1) is 15.8. The summed E-state index contributed by atoms with van der Waals surface area (Å²) in [5.74, 6) is 1.02. The molecular weight excluding hydrogens is 266 g/mol. The van der Waals surface area contributed by atoms with Crippen LogP contribution in [-0.4, -0.2) is 54.0 Å². The fourth-order valence-electron chi connectivity index (χ4n) is 2.83. The largest absolute Gasteiger partial charge is 0.465 e. The molecule has 1 saturated heterocycles. The minimum atomic E-state index is -0.0962. The average molecular weight is 291 g/mol. The lowest BCUT2D eigenvalue weighted by Gasteiger charge is -2.28. The maximum Gasteiger partial charge on any atom is 0.239 e. The Morgan fingerprint density at radius 1 is 1.52 bits per heavy atom. The van der Waals surface area contributed by atoms with Crippen molar-refractivity contribution in [1.82, 2.24) is 9.80 Å². The summed E-state index contributed by atoms with van der Waals surface area (Å²) in [7, 11) is 0. The monoisotopic (exact) mass is 291 g/mol. The minimum absolute atomic E-state index is 0.0755. The summed E-state index contributed by atoms with van der Waals surface area (Å²) in [5.41, 5.74) is 6.05. The van der Waals surface area contributed by atoms with Gasteiger partial charge < -0.3 is 15.1 Å². The van der Waals surface area contributed by atoms with Crippen LogP contribution in [0.25, 0.3) is 6.08 Å². The molecule has 21 heavy (non-hydrogen) atoms. The summed E-state index contributed by atoms with van der Waals surface area (Å²) in [6.07, 6.45) is 6.35. The van der Waals surface area contributed by atoms with E-state index in [1.807, 2.05) is 43.0 Å². The lowest BCUT2D eigenvalue weighted by atomic mass is 10.1. The first-order chi connectivity index (χ1) is 10.2. The maximum atomic E-state index is 12.5. The highest BCUT2D eigenvalue weighted by molar-refractivity contribution is 5.82.